The summed E-state index contributed by atoms with van der Waals surface area (Å²) in [6.45, 7) is 5.65. The zero-order valence-electron chi connectivity index (χ0n) is 12.5. The Labute approximate surface area is 140 Å². The van der Waals surface area contributed by atoms with Crippen LogP contribution < -0.4 is 10.1 Å². The molecule has 3 nitrogen and oxygen atoms in total. The van der Waals surface area contributed by atoms with Crippen molar-refractivity contribution in [2.24, 2.45) is 0 Å². The normalized spacial score (nSPS) is 17.1. The molecule has 2 heterocycles. The van der Waals surface area contributed by atoms with Crippen LogP contribution in [0.1, 0.15) is 31.2 Å². The lowest BCUT2D eigenvalue weighted by Gasteiger charge is -2.26. The zero-order valence-corrected chi connectivity index (χ0v) is 14.1. The minimum Gasteiger partial charge on any atom is -0.494 e. The first kappa shape index (κ1) is 18.4. The standard InChI is InChI=1S/C16H24N2O.2ClH/c1-2-9-18(10-3-1)11-4-12-19-15-5-6-16-14(13-15)7-8-17-16;;/h5-6,13,17H,1-4,7-12H2;2*1H. The Morgan fingerprint density at radius 3 is 2.71 bits per heavy atom. The molecule has 2 aliphatic heterocycles. The molecule has 0 aromatic heterocycles. The van der Waals surface area contributed by atoms with Crippen LogP contribution in [0.2, 0.25) is 0 Å². The average molecular weight is 333 g/mol. The van der Waals surface area contributed by atoms with Crippen LogP contribution in [0.15, 0.2) is 18.2 Å². The Morgan fingerprint density at radius 1 is 1.10 bits per heavy atom. The van der Waals surface area contributed by atoms with Crippen LogP contribution in [-0.2, 0) is 6.42 Å². The third kappa shape index (κ3) is 5.24. The molecule has 5 heteroatoms. The molecule has 1 N–H and O–H groups in total. The number of anilines is 1. The zero-order chi connectivity index (χ0) is 12.9. The Kier molecular flexibility index (Phi) is 8.23. The molecule has 3 rings (SSSR count). The van der Waals surface area contributed by atoms with Crippen LogP contribution in [0.3, 0.4) is 0 Å². The van der Waals surface area contributed by atoms with Crippen LogP contribution in [-0.4, -0.2) is 37.7 Å². The first-order valence-electron chi connectivity index (χ1n) is 7.64. The molecule has 2 aliphatic rings. The van der Waals surface area contributed by atoms with E-state index in [1.165, 1.54) is 50.1 Å². The fraction of sp³-hybridized carbons (Fsp3) is 0.625. The van der Waals surface area contributed by atoms with Crippen LogP contribution >= 0.6 is 24.8 Å². The van der Waals surface area contributed by atoms with E-state index in [-0.39, 0.29) is 24.8 Å². The monoisotopic (exact) mass is 332 g/mol. The van der Waals surface area contributed by atoms with Gasteiger partial charge in [-0.05, 0) is 62.5 Å². The summed E-state index contributed by atoms with van der Waals surface area (Å²) in [7, 11) is 0. The van der Waals surface area contributed by atoms with Crippen molar-refractivity contribution in [3.8, 4) is 5.75 Å². The van der Waals surface area contributed by atoms with Crippen LogP contribution in [0.25, 0.3) is 0 Å². The second kappa shape index (κ2) is 9.39. The largest absolute Gasteiger partial charge is 0.494 e. The van der Waals surface area contributed by atoms with E-state index < -0.39 is 0 Å². The van der Waals surface area contributed by atoms with E-state index in [0.717, 1.165) is 31.7 Å². The van der Waals surface area contributed by atoms with E-state index in [1.54, 1.807) is 0 Å². The fourth-order valence-corrected chi connectivity index (χ4v) is 3.03. The lowest BCUT2D eigenvalue weighted by atomic mass is 10.1. The Balaban J connectivity index is 0.00000110. The van der Waals surface area contributed by atoms with Crippen molar-refractivity contribution >= 4 is 30.5 Å². The molecule has 1 aromatic carbocycles. The number of nitrogens with zero attached hydrogens (tertiary/aromatic N) is 1. The third-order valence-corrected chi connectivity index (χ3v) is 4.12. The highest BCUT2D eigenvalue weighted by molar-refractivity contribution is 5.85. The first-order chi connectivity index (χ1) is 9.42. The van der Waals surface area contributed by atoms with Gasteiger partial charge < -0.3 is 15.0 Å². The fourth-order valence-electron chi connectivity index (χ4n) is 3.03. The molecule has 120 valence electrons. The summed E-state index contributed by atoms with van der Waals surface area (Å²) >= 11 is 0. The maximum atomic E-state index is 5.87. The summed E-state index contributed by atoms with van der Waals surface area (Å²) in [5.41, 5.74) is 2.68. The number of rotatable bonds is 5. The second-order valence-corrected chi connectivity index (χ2v) is 5.60. The van der Waals surface area contributed by atoms with Crippen molar-refractivity contribution in [3.05, 3.63) is 23.8 Å². The van der Waals surface area contributed by atoms with E-state index in [2.05, 4.69) is 28.4 Å². The topological polar surface area (TPSA) is 24.5 Å². The molecule has 0 atom stereocenters. The van der Waals surface area contributed by atoms with Crippen LogP contribution in [0, 0.1) is 0 Å². The predicted octanol–water partition coefficient (Wildman–Crippen LogP) is 3.75. The van der Waals surface area contributed by atoms with Crippen molar-refractivity contribution in [3.63, 3.8) is 0 Å². The molecule has 0 bridgehead atoms. The van der Waals surface area contributed by atoms with Crippen molar-refractivity contribution in [2.45, 2.75) is 32.1 Å². The summed E-state index contributed by atoms with van der Waals surface area (Å²) < 4.78 is 5.87. The molecule has 0 amide bonds. The maximum absolute atomic E-state index is 5.87. The number of halogens is 2. The number of likely N-dealkylation sites (tertiary alicyclic amines) is 1. The second-order valence-electron chi connectivity index (χ2n) is 5.60. The van der Waals surface area contributed by atoms with Crippen molar-refractivity contribution in [1.29, 1.82) is 0 Å². The van der Waals surface area contributed by atoms with E-state index in [9.17, 15) is 0 Å². The minimum atomic E-state index is 0. The van der Waals surface area contributed by atoms with Gasteiger partial charge in [0.1, 0.15) is 5.75 Å². The molecule has 0 saturated carbocycles. The molecule has 1 aromatic rings. The highest BCUT2D eigenvalue weighted by Crippen LogP contribution is 2.26. The molecule has 0 spiro atoms. The summed E-state index contributed by atoms with van der Waals surface area (Å²) in [5.74, 6) is 1.03. The summed E-state index contributed by atoms with van der Waals surface area (Å²) in [6.07, 6.45) is 6.42. The highest BCUT2D eigenvalue weighted by atomic mass is 35.5. The number of benzene rings is 1. The Hall–Kier alpha value is -0.640. The Morgan fingerprint density at radius 2 is 1.90 bits per heavy atom. The van der Waals surface area contributed by atoms with Gasteiger partial charge in [-0.2, -0.15) is 0 Å². The maximum Gasteiger partial charge on any atom is 0.119 e. The molecular formula is C16H26Cl2N2O. The SMILES string of the molecule is Cl.Cl.c1cc2c(cc1OCCCN1CCCCC1)CCN2. The van der Waals surface area contributed by atoms with Gasteiger partial charge in [-0.3, -0.25) is 0 Å². The van der Waals surface area contributed by atoms with Crippen molar-refractivity contribution < 1.29 is 4.74 Å². The predicted molar refractivity (Wildman–Crippen MR) is 93.5 cm³/mol. The van der Waals surface area contributed by atoms with Gasteiger partial charge in [0.15, 0.2) is 0 Å². The molecule has 0 unspecified atom stereocenters. The lowest BCUT2D eigenvalue weighted by Crippen LogP contribution is -2.31. The van der Waals surface area contributed by atoms with Gasteiger partial charge in [-0.15, -0.1) is 24.8 Å². The van der Waals surface area contributed by atoms with Gasteiger partial charge in [-0.25, -0.2) is 0 Å². The van der Waals surface area contributed by atoms with Gasteiger partial charge in [0, 0.05) is 18.8 Å². The third-order valence-electron chi connectivity index (χ3n) is 4.12. The van der Waals surface area contributed by atoms with Gasteiger partial charge >= 0.3 is 0 Å². The van der Waals surface area contributed by atoms with Crippen molar-refractivity contribution in [1.82, 2.24) is 4.90 Å². The molecular weight excluding hydrogens is 307 g/mol. The minimum absolute atomic E-state index is 0. The van der Waals surface area contributed by atoms with Gasteiger partial charge in [-0.1, -0.05) is 6.42 Å². The van der Waals surface area contributed by atoms with Gasteiger partial charge in [0.2, 0.25) is 0 Å². The Bertz CT molecular complexity index is 423. The van der Waals surface area contributed by atoms with Crippen LogP contribution in [0.4, 0.5) is 5.69 Å². The molecule has 0 radical (unpaired) electrons. The summed E-state index contributed by atoms with van der Waals surface area (Å²) in [5, 5.41) is 3.38. The number of nitrogens with one attached hydrogen (secondary N) is 1. The number of hydrogen-bond donors (Lipinski definition) is 1. The smallest absolute Gasteiger partial charge is 0.119 e. The number of ether oxygens (including phenoxy) is 1. The molecule has 21 heavy (non-hydrogen) atoms. The van der Waals surface area contributed by atoms with Crippen LogP contribution in [0.5, 0.6) is 5.75 Å². The highest BCUT2D eigenvalue weighted by Gasteiger charge is 2.11. The molecule has 1 fully saturated rings. The van der Waals surface area contributed by atoms with Gasteiger partial charge in [0.05, 0.1) is 6.61 Å². The molecule has 1 saturated heterocycles. The van der Waals surface area contributed by atoms with E-state index in [1.807, 2.05) is 0 Å². The lowest BCUT2D eigenvalue weighted by molar-refractivity contribution is 0.205. The first-order valence-corrected chi connectivity index (χ1v) is 7.64. The van der Waals surface area contributed by atoms with Crippen molar-refractivity contribution in [2.75, 3.05) is 38.1 Å². The number of hydrogen-bond acceptors (Lipinski definition) is 3. The number of fused-ring (bicyclic) bond motifs is 1. The summed E-state index contributed by atoms with van der Waals surface area (Å²) in [4.78, 5) is 2.57. The summed E-state index contributed by atoms with van der Waals surface area (Å²) in [6, 6.07) is 6.41. The van der Waals surface area contributed by atoms with E-state index >= 15 is 0 Å². The van der Waals surface area contributed by atoms with E-state index in [4.69, 9.17) is 4.74 Å². The van der Waals surface area contributed by atoms with E-state index in [0.29, 0.717) is 0 Å². The molecule has 0 aliphatic carbocycles. The van der Waals surface area contributed by atoms with Gasteiger partial charge in [0.25, 0.3) is 0 Å². The number of piperidine rings is 1. The quantitative estimate of drug-likeness (QED) is 0.831. The average Bonchev–Trinajstić information content (AvgIpc) is 2.92.